The lowest BCUT2D eigenvalue weighted by Crippen LogP contribution is -2.00. The van der Waals surface area contributed by atoms with Crippen LogP contribution in [0.5, 0.6) is 0 Å². The number of aromatic nitrogens is 1. The van der Waals surface area contributed by atoms with E-state index in [1.54, 1.807) is 12.3 Å². The molecule has 1 aromatic carbocycles. The molecule has 1 heterocycles. The summed E-state index contributed by atoms with van der Waals surface area (Å²) < 4.78 is 6.65. The van der Waals surface area contributed by atoms with Crippen molar-refractivity contribution in [3.05, 3.63) is 53.3 Å². The Morgan fingerprint density at radius 1 is 1.18 bits per heavy atom. The Hall–Kier alpha value is -2.03. The smallest absolute Gasteiger partial charge is 0.339 e. The van der Waals surface area contributed by atoms with Gasteiger partial charge in [0.2, 0.25) is 0 Å². The number of methoxy groups -OCH3 is 1. The van der Waals surface area contributed by atoms with Crippen LogP contribution in [0.25, 0.3) is 5.69 Å². The number of hydrogen-bond acceptors (Lipinski definition) is 2. The predicted molar refractivity (Wildman–Crippen MR) is 66.6 cm³/mol. The summed E-state index contributed by atoms with van der Waals surface area (Å²) >= 11 is 0. The van der Waals surface area contributed by atoms with Crippen molar-refractivity contribution in [2.45, 2.75) is 13.8 Å². The average Bonchev–Trinajstić information content (AvgIpc) is 2.77. The number of carbonyl (C=O) groups is 1. The average molecular weight is 229 g/mol. The van der Waals surface area contributed by atoms with Crippen molar-refractivity contribution in [3.63, 3.8) is 0 Å². The molecule has 0 aliphatic heterocycles. The van der Waals surface area contributed by atoms with Gasteiger partial charge < -0.3 is 9.30 Å². The van der Waals surface area contributed by atoms with Crippen LogP contribution in [0.3, 0.4) is 0 Å². The first kappa shape index (κ1) is 11.5. The molecule has 0 spiro atoms. The molecule has 88 valence electrons. The van der Waals surface area contributed by atoms with E-state index in [4.69, 9.17) is 4.74 Å². The summed E-state index contributed by atoms with van der Waals surface area (Å²) in [7, 11) is 1.39. The number of carbonyl (C=O) groups excluding carboxylic acids is 1. The summed E-state index contributed by atoms with van der Waals surface area (Å²) in [6.45, 7) is 4.11. The topological polar surface area (TPSA) is 31.2 Å². The standard InChI is InChI=1S/C14H15NO2/c1-10-5-4-6-11(2)13(10)15-8-7-12(9-15)14(16)17-3/h4-9H,1-3H3. The van der Waals surface area contributed by atoms with Crippen LogP contribution < -0.4 is 0 Å². The van der Waals surface area contributed by atoms with Crippen molar-refractivity contribution in [1.29, 1.82) is 0 Å². The van der Waals surface area contributed by atoms with E-state index < -0.39 is 0 Å². The fourth-order valence-corrected chi connectivity index (χ4v) is 1.99. The van der Waals surface area contributed by atoms with E-state index in [0.29, 0.717) is 5.56 Å². The van der Waals surface area contributed by atoms with Crippen LogP contribution in [0, 0.1) is 13.8 Å². The lowest BCUT2D eigenvalue weighted by molar-refractivity contribution is 0.0601. The third-order valence-electron chi connectivity index (χ3n) is 2.81. The molecular formula is C14H15NO2. The Labute approximate surface area is 101 Å². The number of aryl methyl sites for hydroxylation is 2. The van der Waals surface area contributed by atoms with Crippen LogP contribution in [0.2, 0.25) is 0 Å². The second-order valence-electron chi connectivity index (χ2n) is 4.04. The first-order valence-electron chi connectivity index (χ1n) is 5.46. The fourth-order valence-electron chi connectivity index (χ4n) is 1.99. The largest absolute Gasteiger partial charge is 0.465 e. The van der Waals surface area contributed by atoms with Crippen molar-refractivity contribution in [2.24, 2.45) is 0 Å². The first-order valence-corrected chi connectivity index (χ1v) is 5.46. The molecule has 1 aromatic heterocycles. The minimum absolute atomic E-state index is 0.310. The molecule has 2 aromatic rings. The zero-order valence-corrected chi connectivity index (χ0v) is 10.2. The highest BCUT2D eigenvalue weighted by Crippen LogP contribution is 2.19. The molecule has 3 nitrogen and oxygen atoms in total. The van der Waals surface area contributed by atoms with E-state index >= 15 is 0 Å². The maximum Gasteiger partial charge on any atom is 0.339 e. The van der Waals surface area contributed by atoms with Gasteiger partial charge in [0, 0.05) is 12.4 Å². The molecule has 0 aliphatic carbocycles. The van der Waals surface area contributed by atoms with Crippen molar-refractivity contribution >= 4 is 5.97 Å². The maximum absolute atomic E-state index is 11.4. The van der Waals surface area contributed by atoms with Crippen LogP contribution in [0.4, 0.5) is 0 Å². The number of hydrogen-bond donors (Lipinski definition) is 0. The molecule has 3 heteroatoms. The number of rotatable bonds is 2. The van der Waals surface area contributed by atoms with E-state index in [9.17, 15) is 4.79 Å². The van der Waals surface area contributed by atoms with Gasteiger partial charge in [-0.25, -0.2) is 4.79 Å². The van der Waals surface area contributed by atoms with Gasteiger partial charge in [-0.2, -0.15) is 0 Å². The van der Waals surface area contributed by atoms with Gasteiger partial charge in [-0.1, -0.05) is 18.2 Å². The summed E-state index contributed by atoms with van der Waals surface area (Å²) in [5.74, 6) is -0.310. The molecule has 0 fully saturated rings. The zero-order valence-electron chi connectivity index (χ0n) is 10.2. The van der Waals surface area contributed by atoms with Crippen LogP contribution in [-0.4, -0.2) is 17.6 Å². The van der Waals surface area contributed by atoms with Crippen molar-refractivity contribution in [2.75, 3.05) is 7.11 Å². The number of esters is 1. The Bertz CT molecular complexity index is 535. The van der Waals surface area contributed by atoms with E-state index in [1.165, 1.54) is 18.2 Å². The Balaban J connectivity index is 2.47. The molecule has 0 aliphatic rings. The molecule has 0 unspecified atom stereocenters. The van der Waals surface area contributed by atoms with Crippen LogP contribution in [0.15, 0.2) is 36.7 Å². The van der Waals surface area contributed by atoms with Crippen molar-refractivity contribution in [1.82, 2.24) is 4.57 Å². The van der Waals surface area contributed by atoms with Gasteiger partial charge in [-0.05, 0) is 31.0 Å². The van der Waals surface area contributed by atoms with Crippen LogP contribution in [-0.2, 0) is 4.74 Å². The third-order valence-corrected chi connectivity index (χ3v) is 2.81. The molecule has 0 saturated carbocycles. The summed E-state index contributed by atoms with van der Waals surface area (Å²) in [6, 6.07) is 7.90. The molecular weight excluding hydrogens is 214 g/mol. The lowest BCUT2D eigenvalue weighted by Gasteiger charge is -2.10. The minimum Gasteiger partial charge on any atom is -0.465 e. The second kappa shape index (κ2) is 4.45. The Kier molecular flexibility index (Phi) is 3.00. The summed E-state index contributed by atoms with van der Waals surface area (Å²) in [5.41, 5.74) is 4.03. The van der Waals surface area contributed by atoms with Gasteiger partial charge in [0.25, 0.3) is 0 Å². The molecule has 17 heavy (non-hydrogen) atoms. The Morgan fingerprint density at radius 3 is 2.41 bits per heavy atom. The zero-order chi connectivity index (χ0) is 12.4. The number of ether oxygens (including phenoxy) is 1. The maximum atomic E-state index is 11.4. The first-order chi connectivity index (χ1) is 8.13. The van der Waals surface area contributed by atoms with Gasteiger partial charge in [0.1, 0.15) is 0 Å². The molecule has 0 atom stereocenters. The quantitative estimate of drug-likeness (QED) is 0.741. The van der Waals surface area contributed by atoms with E-state index in [1.807, 2.05) is 16.8 Å². The number of benzene rings is 1. The highest BCUT2D eigenvalue weighted by Gasteiger charge is 2.10. The minimum atomic E-state index is -0.310. The van der Waals surface area contributed by atoms with Gasteiger partial charge in [0.15, 0.2) is 0 Å². The Morgan fingerprint density at radius 2 is 1.82 bits per heavy atom. The number of para-hydroxylation sites is 1. The molecule has 0 radical (unpaired) electrons. The van der Waals surface area contributed by atoms with Crippen molar-refractivity contribution in [3.8, 4) is 5.69 Å². The molecule has 0 bridgehead atoms. The van der Waals surface area contributed by atoms with Gasteiger partial charge in [-0.3, -0.25) is 0 Å². The SMILES string of the molecule is COC(=O)c1ccn(-c2c(C)cccc2C)c1. The third kappa shape index (κ3) is 2.09. The normalized spacial score (nSPS) is 10.3. The van der Waals surface area contributed by atoms with Gasteiger partial charge >= 0.3 is 5.97 Å². The highest BCUT2D eigenvalue weighted by molar-refractivity contribution is 5.89. The summed E-state index contributed by atoms with van der Waals surface area (Å²) in [4.78, 5) is 11.4. The lowest BCUT2D eigenvalue weighted by atomic mass is 10.1. The van der Waals surface area contributed by atoms with Crippen LogP contribution in [0.1, 0.15) is 21.5 Å². The fraction of sp³-hybridized carbons (Fsp3) is 0.214. The van der Waals surface area contributed by atoms with E-state index in [-0.39, 0.29) is 5.97 Å². The van der Waals surface area contributed by atoms with Crippen LogP contribution >= 0.6 is 0 Å². The molecule has 0 amide bonds. The van der Waals surface area contributed by atoms with Gasteiger partial charge in [-0.15, -0.1) is 0 Å². The van der Waals surface area contributed by atoms with Gasteiger partial charge in [0.05, 0.1) is 18.4 Å². The molecule has 0 N–H and O–H groups in total. The molecule has 2 rings (SSSR count). The highest BCUT2D eigenvalue weighted by atomic mass is 16.5. The molecule has 0 saturated heterocycles. The monoisotopic (exact) mass is 229 g/mol. The van der Waals surface area contributed by atoms with E-state index in [2.05, 4.69) is 26.0 Å². The predicted octanol–water partition coefficient (Wildman–Crippen LogP) is 2.88. The summed E-state index contributed by atoms with van der Waals surface area (Å²) in [5, 5.41) is 0. The second-order valence-corrected chi connectivity index (χ2v) is 4.04. The summed E-state index contributed by atoms with van der Waals surface area (Å²) in [6.07, 6.45) is 3.67. The van der Waals surface area contributed by atoms with Crippen molar-refractivity contribution < 1.29 is 9.53 Å². The van der Waals surface area contributed by atoms with E-state index in [0.717, 1.165) is 5.69 Å². The number of nitrogens with zero attached hydrogens (tertiary/aromatic N) is 1.